The Labute approximate surface area is 206 Å². The molecule has 0 aliphatic heterocycles. The minimum Gasteiger partial charge on any atom is -0.444 e. The lowest BCUT2D eigenvalue weighted by Gasteiger charge is -2.11. The van der Waals surface area contributed by atoms with Crippen molar-refractivity contribution < 1.29 is 14.0 Å². The summed E-state index contributed by atoms with van der Waals surface area (Å²) >= 11 is 5.89. The van der Waals surface area contributed by atoms with Crippen molar-refractivity contribution in [1.29, 1.82) is 0 Å². The molecule has 0 unspecified atom stereocenters. The molecule has 4 aromatic rings. The molecule has 0 radical (unpaired) electrons. The van der Waals surface area contributed by atoms with Gasteiger partial charge in [0.15, 0.2) is 5.69 Å². The lowest BCUT2D eigenvalue weighted by Crippen LogP contribution is -2.43. The number of carbonyl (C=O) groups excluding carboxylic acids is 2. The normalized spacial score (nSPS) is 10.9. The van der Waals surface area contributed by atoms with Crippen molar-refractivity contribution >= 4 is 34.2 Å². The highest BCUT2D eigenvalue weighted by Crippen LogP contribution is 2.21. The number of halogens is 1. The van der Waals surface area contributed by atoms with Gasteiger partial charge in [-0.05, 0) is 36.8 Å². The van der Waals surface area contributed by atoms with E-state index in [9.17, 15) is 14.4 Å². The Kier molecular flexibility index (Phi) is 7.57. The maximum atomic E-state index is 12.9. The fourth-order valence-electron chi connectivity index (χ4n) is 3.57. The number of aryl methyl sites for hydroxylation is 1. The Hall–Kier alpha value is -3.98. The summed E-state index contributed by atoms with van der Waals surface area (Å²) in [6, 6.07) is 13.7. The van der Waals surface area contributed by atoms with Gasteiger partial charge in [-0.1, -0.05) is 49.6 Å². The summed E-state index contributed by atoms with van der Waals surface area (Å²) in [6.45, 7) is 2.47. The zero-order valence-electron chi connectivity index (χ0n) is 19.1. The average molecular weight is 494 g/mol. The van der Waals surface area contributed by atoms with E-state index in [0.29, 0.717) is 33.9 Å². The summed E-state index contributed by atoms with van der Waals surface area (Å²) in [4.78, 5) is 42.3. The van der Waals surface area contributed by atoms with Gasteiger partial charge < -0.3 is 4.42 Å². The Morgan fingerprint density at radius 2 is 1.77 bits per heavy atom. The highest BCUT2D eigenvalue weighted by Gasteiger charge is 2.18. The number of rotatable bonds is 8. The van der Waals surface area contributed by atoms with E-state index < -0.39 is 11.8 Å². The smallest absolute Gasteiger partial charge is 0.290 e. The fourth-order valence-corrected chi connectivity index (χ4v) is 3.70. The van der Waals surface area contributed by atoms with E-state index in [1.807, 2.05) is 0 Å². The Morgan fingerprint density at radius 1 is 1.03 bits per heavy atom. The minimum atomic E-state index is -0.624. The van der Waals surface area contributed by atoms with Crippen LogP contribution in [0.25, 0.3) is 22.2 Å². The predicted octanol–water partition coefficient (Wildman–Crippen LogP) is 3.90. The van der Waals surface area contributed by atoms with Gasteiger partial charge in [-0.25, -0.2) is 9.67 Å². The summed E-state index contributed by atoms with van der Waals surface area (Å²) < 4.78 is 6.74. The van der Waals surface area contributed by atoms with Crippen LogP contribution in [0.2, 0.25) is 5.02 Å². The van der Waals surface area contributed by atoms with Crippen molar-refractivity contribution in [3.63, 3.8) is 0 Å². The van der Waals surface area contributed by atoms with E-state index in [1.54, 1.807) is 48.5 Å². The zero-order chi connectivity index (χ0) is 24.8. The second kappa shape index (κ2) is 11.0. The second-order valence-corrected chi connectivity index (χ2v) is 8.40. The molecule has 10 heteroatoms. The van der Waals surface area contributed by atoms with Gasteiger partial charge in [0, 0.05) is 22.5 Å². The van der Waals surface area contributed by atoms with E-state index in [2.05, 4.69) is 27.9 Å². The van der Waals surface area contributed by atoms with Crippen LogP contribution in [-0.4, -0.2) is 26.6 Å². The maximum Gasteiger partial charge on any atom is 0.290 e. The number of hydrogen-bond acceptors (Lipinski definition) is 6. The Morgan fingerprint density at radius 3 is 2.51 bits per heavy atom. The third-order valence-electron chi connectivity index (χ3n) is 5.36. The third kappa shape index (κ3) is 5.75. The second-order valence-electron chi connectivity index (χ2n) is 7.96. The number of unbranched alkanes of at least 4 members (excludes halogenated alkanes) is 2. The summed E-state index contributed by atoms with van der Waals surface area (Å²) in [6.07, 6.45) is 3.98. The van der Waals surface area contributed by atoms with Gasteiger partial charge in [-0.3, -0.25) is 25.2 Å². The first-order chi connectivity index (χ1) is 17.0. The number of nitrogens with one attached hydrogen (secondary N) is 2. The molecule has 2 amide bonds. The van der Waals surface area contributed by atoms with Crippen molar-refractivity contribution in [3.8, 4) is 11.5 Å². The van der Waals surface area contributed by atoms with Gasteiger partial charge in [0.05, 0.1) is 17.5 Å². The number of carbonyl (C=O) groups is 2. The zero-order valence-corrected chi connectivity index (χ0v) is 19.8. The number of aromatic nitrogens is 3. The molecule has 9 nitrogen and oxygen atoms in total. The number of oxazole rings is 1. The van der Waals surface area contributed by atoms with Crippen LogP contribution in [0.3, 0.4) is 0 Å². The predicted molar refractivity (Wildman–Crippen MR) is 132 cm³/mol. The SMILES string of the molecule is CCCCCn1nc(C(=O)NNC(=O)Cc2coc(-c3ccc(Cl)cc3)n2)c2ccccc2c1=O. The van der Waals surface area contributed by atoms with Crippen LogP contribution >= 0.6 is 11.6 Å². The van der Waals surface area contributed by atoms with Crippen molar-refractivity contribution in [2.45, 2.75) is 39.2 Å². The Balaban J connectivity index is 1.44. The fraction of sp³-hybridized carbons (Fsp3) is 0.240. The lowest BCUT2D eigenvalue weighted by molar-refractivity contribution is -0.121. The molecule has 4 rings (SSSR count). The van der Waals surface area contributed by atoms with Gasteiger partial charge in [0.1, 0.15) is 6.26 Å². The molecule has 35 heavy (non-hydrogen) atoms. The van der Waals surface area contributed by atoms with E-state index >= 15 is 0 Å². The summed E-state index contributed by atoms with van der Waals surface area (Å²) in [5.74, 6) is -0.759. The number of hydrogen-bond donors (Lipinski definition) is 2. The topological polar surface area (TPSA) is 119 Å². The monoisotopic (exact) mass is 493 g/mol. The molecule has 0 bridgehead atoms. The maximum absolute atomic E-state index is 12.9. The van der Waals surface area contributed by atoms with Crippen LogP contribution < -0.4 is 16.4 Å². The standard InChI is InChI=1S/C25H24ClN5O4/c1-2-3-6-13-31-25(34)20-8-5-4-7-19(20)22(30-31)23(33)29-28-21(32)14-18-15-35-24(27-18)16-9-11-17(26)12-10-16/h4-5,7-12,15H,2-3,6,13-14H2,1H3,(H,28,32)(H,29,33). The first-order valence-corrected chi connectivity index (χ1v) is 11.6. The molecule has 180 valence electrons. The van der Waals surface area contributed by atoms with Crippen molar-refractivity contribution in [2.24, 2.45) is 0 Å². The summed E-state index contributed by atoms with van der Waals surface area (Å²) in [7, 11) is 0. The molecule has 0 saturated heterocycles. The van der Waals surface area contributed by atoms with Gasteiger partial charge in [-0.2, -0.15) is 5.10 Å². The molecule has 2 aromatic heterocycles. The summed E-state index contributed by atoms with van der Waals surface area (Å²) in [5.41, 5.74) is 5.68. The number of nitrogens with zero attached hydrogens (tertiary/aromatic N) is 3. The highest BCUT2D eigenvalue weighted by molar-refractivity contribution is 6.30. The Bertz CT molecular complexity index is 1410. The van der Waals surface area contributed by atoms with E-state index in [1.165, 1.54) is 10.9 Å². The quantitative estimate of drug-likeness (QED) is 0.284. The van der Waals surface area contributed by atoms with Crippen LogP contribution in [0.5, 0.6) is 0 Å². The molecular formula is C25H24ClN5O4. The molecule has 2 aromatic carbocycles. The molecule has 0 atom stereocenters. The molecule has 0 fully saturated rings. The van der Waals surface area contributed by atoms with Crippen LogP contribution in [-0.2, 0) is 17.8 Å². The molecular weight excluding hydrogens is 470 g/mol. The van der Waals surface area contributed by atoms with Crippen molar-refractivity contribution in [3.05, 3.63) is 81.6 Å². The number of hydrazine groups is 1. The first-order valence-electron chi connectivity index (χ1n) is 11.3. The number of amides is 2. The molecule has 0 spiro atoms. The lowest BCUT2D eigenvalue weighted by atomic mass is 10.1. The minimum absolute atomic E-state index is 0.0588. The van der Waals surface area contributed by atoms with Gasteiger partial charge >= 0.3 is 0 Å². The van der Waals surface area contributed by atoms with Crippen LogP contribution in [0.1, 0.15) is 42.4 Å². The average Bonchev–Trinajstić information content (AvgIpc) is 3.33. The van der Waals surface area contributed by atoms with Crippen LogP contribution in [0, 0.1) is 0 Å². The largest absolute Gasteiger partial charge is 0.444 e. The van der Waals surface area contributed by atoms with Crippen LogP contribution in [0.4, 0.5) is 0 Å². The van der Waals surface area contributed by atoms with E-state index in [0.717, 1.165) is 24.8 Å². The first kappa shape index (κ1) is 24.2. The number of benzene rings is 2. The van der Waals surface area contributed by atoms with Crippen molar-refractivity contribution in [1.82, 2.24) is 25.6 Å². The van der Waals surface area contributed by atoms with E-state index in [-0.39, 0.29) is 17.7 Å². The van der Waals surface area contributed by atoms with Gasteiger partial charge in [0.2, 0.25) is 11.8 Å². The highest BCUT2D eigenvalue weighted by atomic mass is 35.5. The molecule has 0 aliphatic rings. The van der Waals surface area contributed by atoms with Crippen LogP contribution in [0.15, 0.2) is 64.0 Å². The summed E-state index contributed by atoms with van der Waals surface area (Å²) in [5, 5.41) is 5.69. The van der Waals surface area contributed by atoms with Crippen molar-refractivity contribution in [2.75, 3.05) is 0 Å². The number of fused-ring (bicyclic) bond motifs is 1. The van der Waals surface area contributed by atoms with Gasteiger partial charge in [0.25, 0.3) is 11.5 Å². The van der Waals surface area contributed by atoms with Gasteiger partial charge in [-0.15, -0.1) is 0 Å². The third-order valence-corrected chi connectivity index (χ3v) is 5.61. The van der Waals surface area contributed by atoms with E-state index in [4.69, 9.17) is 16.0 Å². The molecule has 0 aliphatic carbocycles. The molecule has 0 saturated carbocycles. The molecule has 2 heterocycles. The molecule has 2 N–H and O–H groups in total.